The first-order valence-corrected chi connectivity index (χ1v) is 10.5. The number of nitrogens with zero attached hydrogens (tertiary/aromatic N) is 2. The molecule has 0 spiro atoms. The quantitative estimate of drug-likeness (QED) is 0.638. The molecule has 1 N–H and O–H groups in total. The number of halogens is 2. The first kappa shape index (κ1) is 25.7. The van der Waals surface area contributed by atoms with Crippen LogP contribution in [0.15, 0.2) is 18.2 Å². The van der Waals surface area contributed by atoms with Crippen molar-refractivity contribution in [3.63, 3.8) is 0 Å². The molecule has 32 heavy (non-hydrogen) atoms. The lowest BCUT2D eigenvalue weighted by Gasteiger charge is -2.40. The summed E-state index contributed by atoms with van der Waals surface area (Å²) in [5, 5.41) is 3.78. The summed E-state index contributed by atoms with van der Waals surface area (Å²) < 4.78 is 24.2. The molecule has 2 rings (SSSR count). The Bertz CT molecular complexity index is 847. The highest BCUT2D eigenvalue weighted by atomic mass is 35.5. The third-order valence-corrected chi connectivity index (χ3v) is 5.01. The number of amides is 3. The maximum atomic E-state index is 13.5. The summed E-state index contributed by atoms with van der Waals surface area (Å²) in [5.41, 5.74) is -0.754. The molecule has 178 valence electrons. The Morgan fingerprint density at radius 2 is 1.97 bits per heavy atom. The molecular weight excluding hydrogens is 445 g/mol. The minimum Gasteiger partial charge on any atom is -0.484 e. The number of hydrogen-bond acceptors (Lipinski definition) is 6. The van der Waals surface area contributed by atoms with Crippen LogP contribution in [0.1, 0.15) is 33.6 Å². The fourth-order valence-electron chi connectivity index (χ4n) is 3.15. The van der Waals surface area contributed by atoms with Crippen LogP contribution in [0.25, 0.3) is 0 Å². The number of nitrogens with one attached hydrogen (secondary N) is 1. The van der Waals surface area contributed by atoms with Crippen LogP contribution in [0.4, 0.5) is 9.18 Å². The second kappa shape index (κ2) is 10.8. The first-order chi connectivity index (χ1) is 14.9. The van der Waals surface area contributed by atoms with Crippen molar-refractivity contribution >= 4 is 29.5 Å². The van der Waals surface area contributed by atoms with Gasteiger partial charge >= 0.3 is 6.09 Å². The highest BCUT2D eigenvalue weighted by Gasteiger charge is 2.40. The van der Waals surface area contributed by atoms with Gasteiger partial charge in [0.15, 0.2) is 6.61 Å². The van der Waals surface area contributed by atoms with E-state index in [0.717, 1.165) is 11.1 Å². The third-order valence-electron chi connectivity index (χ3n) is 4.71. The van der Waals surface area contributed by atoms with Crippen LogP contribution in [0.5, 0.6) is 5.75 Å². The number of piperidine rings is 1. The van der Waals surface area contributed by atoms with Gasteiger partial charge in [-0.15, -0.1) is 0 Å². The van der Waals surface area contributed by atoms with Gasteiger partial charge in [0.05, 0.1) is 12.1 Å². The molecule has 0 bridgehead atoms. The van der Waals surface area contributed by atoms with Gasteiger partial charge in [0.1, 0.15) is 23.2 Å². The SMILES string of the molecule is CON(C)C(=O)[C@H]1CC[C@H](NC(=O)COc2ccc(Cl)c(F)c2)CN1C(=O)OC(C)(C)C. The number of hydrogen-bond donors (Lipinski definition) is 1. The Labute approximate surface area is 191 Å². The van der Waals surface area contributed by atoms with E-state index in [4.69, 9.17) is 25.9 Å². The number of hydroxylamine groups is 2. The molecule has 0 saturated carbocycles. The number of likely N-dealkylation sites (N-methyl/N-ethyl adjacent to an activating group) is 1. The Hall–Kier alpha value is -2.59. The topological polar surface area (TPSA) is 97.4 Å². The van der Waals surface area contributed by atoms with Crippen molar-refractivity contribution in [1.29, 1.82) is 0 Å². The molecule has 0 radical (unpaired) electrons. The average Bonchev–Trinajstić information content (AvgIpc) is 2.72. The monoisotopic (exact) mass is 473 g/mol. The van der Waals surface area contributed by atoms with E-state index in [1.54, 1.807) is 20.8 Å². The first-order valence-electron chi connectivity index (χ1n) is 10.1. The van der Waals surface area contributed by atoms with Gasteiger partial charge in [-0.1, -0.05) is 11.6 Å². The smallest absolute Gasteiger partial charge is 0.411 e. The average molecular weight is 474 g/mol. The Morgan fingerprint density at radius 3 is 2.56 bits per heavy atom. The molecular formula is C21H29ClFN3O6. The Morgan fingerprint density at radius 1 is 1.28 bits per heavy atom. The normalized spacial score (nSPS) is 18.7. The molecule has 3 amide bonds. The lowest BCUT2D eigenvalue weighted by atomic mass is 9.97. The van der Waals surface area contributed by atoms with Crippen molar-refractivity contribution in [2.75, 3.05) is 27.3 Å². The number of carbonyl (C=O) groups is 3. The van der Waals surface area contributed by atoms with E-state index in [9.17, 15) is 18.8 Å². The molecule has 0 unspecified atom stereocenters. The number of rotatable bonds is 6. The minimum atomic E-state index is -0.781. The van der Waals surface area contributed by atoms with Crippen LogP contribution in [-0.2, 0) is 19.2 Å². The number of benzene rings is 1. The second-order valence-electron chi connectivity index (χ2n) is 8.37. The van der Waals surface area contributed by atoms with Gasteiger partial charge in [0, 0.05) is 25.7 Å². The van der Waals surface area contributed by atoms with Gasteiger partial charge in [0.2, 0.25) is 0 Å². The van der Waals surface area contributed by atoms with E-state index in [2.05, 4.69) is 5.32 Å². The summed E-state index contributed by atoms with van der Waals surface area (Å²) in [6.45, 7) is 4.90. The maximum Gasteiger partial charge on any atom is 0.411 e. The van der Waals surface area contributed by atoms with Crippen LogP contribution in [0.3, 0.4) is 0 Å². The van der Waals surface area contributed by atoms with Crippen molar-refractivity contribution in [3.05, 3.63) is 29.0 Å². The zero-order valence-electron chi connectivity index (χ0n) is 18.8. The zero-order chi connectivity index (χ0) is 24.1. The highest BCUT2D eigenvalue weighted by molar-refractivity contribution is 6.30. The van der Waals surface area contributed by atoms with E-state index in [0.29, 0.717) is 12.8 Å². The summed E-state index contributed by atoms with van der Waals surface area (Å²) in [6.07, 6.45) is 0.0985. The van der Waals surface area contributed by atoms with Gasteiger partial charge < -0.3 is 14.8 Å². The molecule has 1 saturated heterocycles. The van der Waals surface area contributed by atoms with Gasteiger partial charge in [-0.3, -0.25) is 19.3 Å². The third kappa shape index (κ3) is 7.23. The number of likely N-dealkylation sites (tertiary alicyclic amines) is 1. The van der Waals surface area contributed by atoms with Crippen molar-refractivity contribution in [1.82, 2.24) is 15.3 Å². The summed E-state index contributed by atoms with van der Waals surface area (Å²) in [5.74, 6) is -1.33. The van der Waals surface area contributed by atoms with E-state index < -0.39 is 41.4 Å². The molecule has 0 aliphatic carbocycles. The minimum absolute atomic E-state index is 0.0468. The molecule has 2 atom stereocenters. The fraction of sp³-hybridized carbons (Fsp3) is 0.571. The Kier molecular flexibility index (Phi) is 8.68. The van der Waals surface area contributed by atoms with Crippen molar-refractivity contribution in [3.8, 4) is 5.75 Å². The fourth-order valence-corrected chi connectivity index (χ4v) is 3.27. The van der Waals surface area contributed by atoms with Gasteiger partial charge in [0.25, 0.3) is 11.8 Å². The summed E-state index contributed by atoms with van der Waals surface area (Å²) in [4.78, 5) is 44.0. The molecule has 0 aromatic heterocycles. The molecule has 1 aromatic rings. The summed E-state index contributed by atoms with van der Waals surface area (Å²) >= 11 is 5.63. The Balaban J connectivity index is 2.02. The second-order valence-corrected chi connectivity index (χ2v) is 8.78. The van der Waals surface area contributed by atoms with Gasteiger partial charge in [-0.2, -0.15) is 0 Å². The van der Waals surface area contributed by atoms with Crippen molar-refractivity contribution in [2.45, 2.75) is 51.3 Å². The zero-order valence-corrected chi connectivity index (χ0v) is 19.6. The predicted molar refractivity (Wildman–Crippen MR) is 115 cm³/mol. The number of carbonyl (C=O) groups excluding carboxylic acids is 3. The maximum absolute atomic E-state index is 13.5. The molecule has 1 aliphatic heterocycles. The van der Waals surface area contributed by atoms with Crippen LogP contribution in [0, 0.1) is 5.82 Å². The molecule has 11 heteroatoms. The van der Waals surface area contributed by atoms with Crippen LogP contribution in [-0.4, -0.2) is 72.9 Å². The summed E-state index contributed by atoms with van der Waals surface area (Å²) in [7, 11) is 2.81. The van der Waals surface area contributed by atoms with E-state index in [1.165, 1.54) is 31.2 Å². The molecule has 1 heterocycles. The highest BCUT2D eigenvalue weighted by Crippen LogP contribution is 2.23. The standard InChI is InChI=1S/C21H29ClFN3O6/c1-21(2,3)32-20(29)26-11-13(6-9-17(26)19(28)25(4)30-5)24-18(27)12-31-14-7-8-15(22)16(23)10-14/h7-8,10,13,17H,6,9,11-12H2,1-5H3,(H,24,27)/t13-,17+/m0/s1. The van der Waals surface area contributed by atoms with Gasteiger partial charge in [-0.25, -0.2) is 14.2 Å². The molecule has 1 aliphatic rings. The van der Waals surface area contributed by atoms with Crippen LogP contribution in [0.2, 0.25) is 5.02 Å². The van der Waals surface area contributed by atoms with Crippen molar-refractivity contribution in [2.24, 2.45) is 0 Å². The molecule has 1 fully saturated rings. The van der Waals surface area contributed by atoms with E-state index in [-0.39, 0.29) is 23.9 Å². The molecule has 1 aromatic carbocycles. The lowest BCUT2D eigenvalue weighted by molar-refractivity contribution is -0.175. The predicted octanol–water partition coefficient (Wildman–Crippen LogP) is 2.76. The van der Waals surface area contributed by atoms with E-state index in [1.807, 2.05) is 0 Å². The summed E-state index contributed by atoms with van der Waals surface area (Å²) in [6, 6.07) is 2.67. The van der Waals surface area contributed by atoms with Crippen LogP contribution < -0.4 is 10.1 Å². The lowest BCUT2D eigenvalue weighted by Crippen LogP contribution is -2.59. The van der Waals surface area contributed by atoms with Crippen molar-refractivity contribution < 1.29 is 33.1 Å². The number of ether oxygens (including phenoxy) is 2. The largest absolute Gasteiger partial charge is 0.484 e. The van der Waals surface area contributed by atoms with Gasteiger partial charge in [-0.05, 0) is 45.7 Å². The molecule has 9 nitrogen and oxygen atoms in total. The van der Waals surface area contributed by atoms with Crippen LogP contribution >= 0.6 is 11.6 Å². The van der Waals surface area contributed by atoms with E-state index >= 15 is 0 Å².